The Hall–Kier alpha value is -1.09. The molecule has 1 aromatic carbocycles. The Morgan fingerprint density at radius 3 is 2.88 bits per heavy atom. The fraction of sp³-hybridized carbons (Fsp3) is 0.538. The maximum absolute atomic E-state index is 13.0. The zero-order valence-corrected chi connectivity index (χ0v) is 9.79. The molecule has 1 aliphatic heterocycles. The van der Waals surface area contributed by atoms with Crippen molar-refractivity contribution in [2.45, 2.75) is 32.0 Å². The van der Waals surface area contributed by atoms with E-state index in [4.69, 9.17) is 4.74 Å². The van der Waals surface area contributed by atoms with Gasteiger partial charge in [-0.3, -0.25) is 0 Å². The molecule has 1 aliphatic rings. The Morgan fingerprint density at radius 1 is 1.50 bits per heavy atom. The lowest BCUT2D eigenvalue weighted by Gasteiger charge is -2.11. The maximum Gasteiger partial charge on any atom is 0.121 e. The second kappa shape index (κ2) is 4.83. The highest BCUT2D eigenvalue weighted by Crippen LogP contribution is 2.21. The Labute approximate surface area is 95.8 Å². The fourth-order valence-electron chi connectivity index (χ4n) is 2.28. The Morgan fingerprint density at radius 2 is 2.31 bits per heavy atom. The molecule has 16 heavy (non-hydrogen) atoms. The molecule has 1 heterocycles. The van der Waals surface area contributed by atoms with Crippen LogP contribution in [0.2, 0.25) is 0 Å². The van der Waals surface area contributed by atoms with Gasteiger partial charge in [0.05, 0.1) is 7.11 Å². The third kappa shape index (κ3) is 2.53. The second-order valence-corrected chi connectivity index (χ2v) is 4.45. The normalized spacial score (nSPS) is 24.7. The number of ether oxygens (including phenoxy) is 1. The van der Waals surface area contributed by atoms with Crippen molar-refractivity contribution in [1.29, 1.82) is 0 Å². The van der Waals surface area contributed by atoms with E-state index in [2.05, 4.69) is 17.4 Å². The molecule has 1 N–H and O–H groups in total. The van der Waals surface area contributed by atoms with E-state index in [9.17, 15) is 4.39 Å². The van der Waals surface area contributed by atoms with Gasteiger partial charge in [-0.15, -0.1) is 0 Å². The standard InChI is InChI=1S/C13H18FNO/c1-9-5-10(3-4-13(9)16-2)6-12-7-11(14)8-15-12/h3-5,11-12,15H,6-8H2,1-2H3/t11-,12-/m0/s1. The number of rotatable bonds is 3. The van der Waals surface area contributed by atoms with E-state index in [1.807, 2.05) is 13.0 Å². The molecule has 0 unspecified atom stereocenters. The van der Waals surface area contributed by atoms with Crippen molar-refractivity contribution in [3.05, 3.63) is 29.3 Å². The third-order valence-electron chi connectivity index (χ3n) is 3.11. The van der Waals surface area contributed by atoms with Gasteiger partial charge in [-0.25, -0.2) is 4.39 Å². The Balaban J connectivity index is 2.02. The molecule has 2 atom stereocenters. The quantitative estimate of drug-likeness (QED) is 0.848. The first kappa shape index (κ1) is 11.4. The van der Waals surface area contributed by atoms with Crippen molar-refractivity contribution in [2.75, 3.05) is 13.7 Å². The Kier molecular flexibility index (Phi) is 3.44. The molecule has 0 amide bonds. The SMILES string of the molecule is COc1ccc(C[C@H]2C[C@H](F)CN2)cc1C. The highest BCUT2D eigenvalue weighted by molar-refractivity contribution is 5.36. The molecule has 2 rings (SSSR count). The molecule has 0 aliphatic carbocycles. The van der Waals surface area contributed by atoms with Crippen molar-refractivity contribution >= 4 is 0 Å². The third-order valence-corrected chi connectivity index (χ3v) is 3.11. The zero-order chi connectivity index (χ0) is 11.5. The Bertz CT molecular complexity index is 367. The van der Waals surface area contributed by atoms with Crippen molar-refractivity contribution in [3.8, 4) is 5.75 Å². The molecule has 0 spiro atoms. The van der Waals surface area contributed by atoms with Crippen LogP contribution in [0.15, 0.2) is 18.2 Å². The van der Waals surface area contributed by atoms with Crippen LogP contribution in [0.5, 0.6) is 5.75 Å². The summed E-state index contributed by atoms with van der Waals surface area (Å²) >= 11 is 0. The van der Waals surface area contributed by atoms with Gasteiger partial charge in [0.2, 0.25) is 0 Å². The minimum atomic E-state index is -0.677. The van der Waals surface area contributed by atoms with Crippen LogP contribution in [-0.2, 0) is 6.42 Å². The molecular weight excluding hydrogens is 205 g/mol. The molecular formula is C13H18FNO. The summed E-state index contributed by atoms with van der Waals surface area (Å²) in [5.74, 6) is 0.909. The molecule has 0 radical (unpaired) electrons. The molecule has 3 heteroatoms. The lowest BCUT2D eigenvalue weighted by Crippen LogP contribution is -2.23. The number of methoxy groups -OCH3 is 1. The maximum atomic E-state index is 13.0. The molecule has 0 aromatic heterocycles. The van der Waals surface area contributed by atoms with Gasteiger partial charge in [0.1, 0.15) is 11.9 Å². The smallest absolute Gasteiger partial charge is 0.121 e. The van der Waals surface area contributed by atoms with Crippen LogP contribution >= 0.6 is 0 Å². The summed E-state index contributed by atoms with van der Waals surface area (Å²) in [7, 11) is 1.67. The van der Waals surface area contributed by atoms with Gasteiger partial charge in [0.25, 0.3) is 0 Å². The number of nitrogens with one attached hydrogen (secondary N) is 1. The van der Waals surface area contributed by atoms with Crippen LogP contribution < -0.4 is 10.1 Å². The van der Waals surface area contributed by atoms with Crippen molar-refractivity contribution in [3.63, 3.8) is 0 Å². The topological polar surface area (TPSA) is 21.3 Å². The van der Waals surface area contributed by atoms with E-state index in [1.165, 1.54) is 5.56 Å². The van der Waals surface area contributed by atoms with E-state index < -0.39 is 6.17 Å². The second-order valence-electron chi connectivity index (χ2n) is 4.45. The number of halogens is 1. The summed E-state index contributed by atoms with van der Waals surface area (Å²) in [5, 5.41) is 3.20. The number of hydrogen-bond donors (Lipinski definition) is 1. The number of alkyl halides is 1. The molecule has 1 fully saturated rings. The first-order valence-corrected chi connectivity index (χ1v) is 5.70. The summed E-state index contributed by atoms with van der Waals surface area (Å²) in [4.78, 5) is 0. The van der Waals surface area contributed by atoms with Crippen molar-refractivity contribution in [2.24, 2.45) is 0 Å². The first-order valence-electron chi connectivity index (χ1n) is 5.70. The van der Waals surface area contributed by atoms with Gasteiger partial charge in [0.15, 0.2) is 0 Å². The molecule has 88 valence electrons. The molecule has 2 nitrogen and oxygen atoms in total. The van der Waals surface area contributed by atoms with Crippen LogP contribution in [0.25, 0.3) is 0 Å². The predicted molar refractivity (Wildman–Crippen MR) is 62.7 cm³/mol. The number of aryl methyl sites for hydroxylation is 1. The highest BCUT2D eigenvalue weighted by Gasteiger charge is 2.23. The first-order chi connectivity index (χ1) is 7.69. The van der Waals surface area contributed by atoms with E-state index in [0.29, 0.717) is 13.0 Å². The summed E-state index contributed by atoms with van der Waals surface area (Å²) in [6.07, 6.45) is 0.848. The van der Waals surface area contributed by atoms with Gasteiger partial charge in [-0.05, 0) is 37.0 Å². The lowest BCUT2D eigenvalue weighted by atomic mass is 10.0. The van der Waals surface area contributed by atoms with Crippen molar-refractivity contribution < 1.29 is 9.13 Å². The van der Waals surface area contributed by atoms with Crippen molar-refractivity contribution in [1.82, 2.24) is 5.32 Å². The van der Waals surface area contributed by atoms with Gasteiger partial charge in [-0.1, -0.05) is 12.1 Å². The molecule has 1 aromatic rings. The zero-order valence-electron chi connectivity index (χ0n) is 9.79. The summed E-state index contributed by atoms with van der Waals surface area (Å²) in [5.41, 5.74) is 2.37. The van der Waals surface area contributed by atoms with E-state index in [0.717, 1.165) is 17.7 Å². The van der Waals surface area contributed by atoms with Gasteiger partial charge in [-0.2, -0.15) is 0 Å². The van der Waals surface area contributed by atoms with Gasteiger partial charge >= 0.3 is 0 Å². The summed E-state index contributed by atoms with van der Waals surface area (Å²) in [6, 6.07) is 6.43. The highest BCUT2D eigenvalue weighted by atomic mass is 19.1. The summed E-state index contributed by atoms with van der Waals surface area (Å²) in [6.45, 7) is 2.53. The largest absolute Gasteiger partial charge is 0.496 e. The monoisotopic (exact) mass is 223 g/mol. The fourth-order valence-corrected chi connectivity index (χ4v) is 2.28. The minimum Gasteiger partial charge on any atom is -0.496 e. The minimum absolute atomic E-state index is 0.280. The van der Waals surface area contributed by atoms with Gasteiger partial charge < -0.3 is 10.1 Å². The summed E-state index contributed by atoms with van der Waals surface area (Å²) < 4.78 is 18.2. The number of benzene rings is 1. The molecule has 1 saturated heterocycles. The van der Waals surface area contributed by atoms with E-state index >= 15 is 0 Å². The van der Waals surface area contributed by atoms with Crippen LogP contribution in [-0.4, -0.2) is 25.9 Å². The van der Waals surface area contributed by atoms with Crippen LogP contribution in [0.4, 0.5) is 4.39 Å². The molecule has 0 bridgehead atoms. The lowest BCUT2D eigenvalue weighted by molar-refractivity contribution is 0.355. The predicted octanol–water partition coefficient (Wildman–Crippen LogP) is 2.25. The average Bonchev–Trinajstić information content (AvgIpc) is 2.64. The van der Waals surface area contributed by atoms with Crippen LogP contribution in [0.3, 0.4) is 0 Å². The van der Waals surface area contributed by atoms with Crippen LogP contribution in [0, 0.1) is 6.92 Å². The average molecular weight is 223 g/mol. The van der Waals surface area contributed by atoms with Crippen LogP contribution in [0.1, 0.15) is 17.5 Å². The molecule has 0 saturated carbocycles. The van der Waals surface area contributed by atoms with E-state index in [1.54, 1.807) is 7.11 Å². The number of hydrogen-bond acceptors (Lipinski definition) is 2. The van der Waals surface area contributed by atoms with E-state index in [-0.39, 0.29) is 6.04 Å². The van der Waals surface area contributed by atoms with Gasteiger partial charge in [0, 0.05) is 12.6 Å².